The van der Waals surface area contributed by atoms with Crippen LogP contribution in [-0.4, -0.2) is 66.7 Å². The van der Waals surface area contributed by atoms with E-state index in [1.165, 1.54) is 16.7 Å². The standard InChI is InChI=1S/C23H26N6O6/c24-19(31)10-4-3-9-18(29(12-13-30)23(34)35)21(32)27-17-8-5-11-28(22(17)33)14-20-25-15-6-1-2-7-16(15)26-20/h1-2,4-8,10-11,18,30H,3,9,12-14H2,(H2,24,31)(H,25,26)(H,27,32)(H,34,35)/b10-4+/t18-/m0/s1. The minimum atomic E-state index is -1.41. The van der Waals surface area contributed by atoms with Gasteiger partial charge in [0.15, 0.2) is 0 Å². The highest BCUT2D eigenvalue weighted by Crippen LogP contribution is 2.13. The molecule has 0 saturated carbocycles. The molecule has 0 aliphatic rings. The van der Waals surface area contributed by atoms with Crippen molar-refractivity contribution in [3.63, 3.8) is 0 Å². The van der Waals surface area contributed by atoms with Crippen molar-refractivity contribution >= 4 is 34.6 Å². The summed E-state index contributed by atoms with van der Waals surface area (Å²) in [6.45, 7) is -0.675. The summed E-state index contributed by atoms with van der Waals surface area (Å²) in [5.74, 6) is -0.867. The number of nitrogens with two attached hydrogens (primary N) is 1. The number of fused-ring (bicyclic) bond motifs is 1. The molecule has 12 heteroatoms. The van der Waals surface area contributed by atoms with E-state index in [-0.39, 0.29) is 31.6 Å². The summed E-state index contributed by atoms with van der Waals surface area (Å²) in [5.41, 5.74) is 6.09. The molecule has 0 aliphatic carbocycles. The number of carbonyl (C=O) groups is 3. The number of para-hydroxylation sites is 2. The molecule has 0 fully saturated rings. The fraction of sp³-hybridized carbons (Fsp3) is 0.261. The lowest BCUT2D eigenvalue weighted by molar-refractivity contribution is -0.121. The van der Waals surface area contributed by atoms with Crippen molar-refractivity contribution in [3.05, 3.63) is 70.9 Å². The number of allylic oxidation sites excluding steroid dienone is 1. The molecule has 35 heavy (non-hydrogen) atoms. The Kier molecular flexibility index (Phi) is 8.35. The number of H-pyrrole nitrogens is 1. The molecular weight excluding hydrogens is 456 g/mol. The zero-order valence-electron chi connectivity index (χ0n) is 18.8. The average molecular weight is 482 g/mol. The number of benzene rings is 1. The molecule has 0 unspecified atom stereocenters. The lowest BCUT2D eigenvalue weighted by Crippen LogP contribution is -2.48. The third-order valence-corrected chi connectivity index (χ3v) is 5.19. The van der Waals surface area contributed by atoms with Crippen LogP contribution < -0.4 is 16.6 Å². The molecule has 184 valence electrons. The Bertz CT molecular complexity index is 1260. The van der Waals surface area contributed by atoms with Gasteiger partial charge in [-0.3, -0.25) is 19.3 Å². The summed E-state index contributed by atoms with van der Waals surface area (Å²) >= 11 is 0. The lowest BCUT2D eigenvalue weighted by Gasteiger charge is -2.27. The second-order valence-electron chi connectivity index (χ2n) is 7.64. The SMILES string of the molecule is NC(=O)/C=C/CC[C@@H](C(=O)Nc1cccn(Cc2nc3ccccc3[nH]2)c1=O)N(CCO)C(=O)O. The second kappa shape index (κ2) is 11.6. The molecule has 3 aromatic rings. The molecule has 3 rings (SSSR count). The smallest absolute Gasteiger partial charge is 0.408 e. The quantitative estimate of drug-likeness (QED) is 0.251. The van der Waals surface area contributed by atoms with Crippen LogP contribution in [0, 0.1) is 0 Å². The number of rotatable bonds is 11. The predicted molar refractivity (Wildman–Crippen MR) is 128 cm³/mol. The molecule has 0 bridgehead atoms. The van der Waals surface area contributed by atoms with E-state index in [0.717, 1.165) is 22.0 Å². The summed E-state index contributed by atoms with van der Waals surface area (Å²) in [4.78, 5) is 57.0. The maximum Gasteiger partial charge on any atom is 0.408 e. The van der Waals surface area contributed by atoms with Crippen LogP contribution in [-0.2, 0) is 16.1 Å². The first kappa shape index (κ1) is 25.2. The molecule has 1 atom stereocenters. The fourth-order valence-corrected chi connectivity index (χ4v) is 3.59. The number of primary amides is 1. The molecular formula is C23H26N6O6. The van der Waals surface area contributed by atoms with Gasteiger partial charge in [0.25, 0.3) is 5.56 Å². The van der Waals surface area contributed by atoms with Gasteiger partial charge < -0.3 is 30.8 Å². The number of aliphatic hydroxyl groups is 1. The van der Waals surface area contributed by atoms with Gasteiger partial charge in [0.2, 0.25) is 11.8 Å². The Morgan fingerprint density at radius 3 is 2.69 bits per heavy atom. The topological polar surface area (TPSA) is 184 Å². The number of nitrogens with one attached hydrogen (secondary N) is 2. The van der Waals surface area contributed by atoms with Crippen LogP contribution in [0.5, 0.6) is 0 Å². The Morgan fingerprint density at radius 1 is 1.23 bits per heavy atom. The summed E-state index contributed by atoms with van der Waals surface area (Å²) in [6, 6.07) is 9.19. The number of aliphatic hydroxyl groups excluding tert-OH is 1. The molecule has 0 aliphatic heterocycles. The number of amides is 3. The zero-order chi connectivity index (χ0) is 25.4. The lowest BCUT2D eigenvalue weighted by atomic mass is 10.1. The number of imidazole rings is 1. The van der Waals surface area contributed by atoms with E-state index in [1.807, 2.05) is 24.3 Å². The molecule has 1 aromatic carbocycles. The highest BCUT2D eigenvalue weighted by atomic mass is 16.4. The number of carboxylic acid groups (broad SMARTS) is 1. The van der Waals surface area contributed by atoms with Gasteiger partial charge in [-0.1, -0.05) is 18.2 Å². The predicted octanol–water partition coefficient (Wildman–Crippen LogP) is 0.874. The number of aromatic nitrogens is 3. The third-order valence-electron chi connectivity index (χ3n) is 5.19. The maximum absolute atomic E-state index is 13.0. The van der Waals surface area contributed by atoms with Gasteiger partial charge in [0.1, 0.15) is 17.6 Å². The van der Waals surface area contributed by atoms with E-state index >= 15 is 0 Å². The molecule has 2 aromatic heterocycles. The van der Waals surface area contributed by atoms with Crippen molar-refractivity contribution in [2.24, 2.45) is 5.73 Å². The average Bonchev–Trinajstić information content (AvgIpc) is 3.22. The third kappa shape index (κ3) is 6.54. The van der Waals surface area contributed by atoms with Gasteiger partial charge in [-0.05, 0) is 43.2 Å². The Morgan fingerprint density at radius 2 is 2.00 bits per heavy atom. The molecule has 0 radical (unpaired) electrons. The Hall–Kier alpha value is -4.45. The number of aromatic amines is 1. The van der Waals surface area contributed by atoms with Crippen LogP contribution in [0.2, 0.25) is 0 Å². The normalized spacial score (nSPS) is 12.0. The largest absolute Gasteiger partial charge is 0.465 e. The summed E-state index contributed by atoms with van der Waals surface area (Å²) < 4.78 is 1.36. The van der Waals surface area contributed by atoms with Gasteiger partial charge in [-0.2, -0.15) is 0 Å². The van der Waals surface area contributed by atoms with Crippen LogP contribution in [0.15, 0.2) is 59.5 Å². The van der Waals surface area contributed by atoms with E-state index in [4.69, 9.17) is 5.73 Å². The number of anilines is 1. The Balaban J connectivity index is 1.81. The molecule has 12 nitrogen and oxygen atoms in total. The summed E-state index contributed by atoms with van der Waals surface area (Å²) in [5, 5.41) is 21.3. The number of hydrogen-bond donors (Lipinski definition) is 5. The highest BCUT2D eigenvalue weighted by molar-refractivity contribution is 5.96. The van der Waals surface area contributed by atoms with Gasteiger partial charge in [-0.25, -0.2) is 9.78 Å². The van der Waals surface area contributed by atoms with Crippen LogP contribution in [0.25, 0.3) is 11.0 Å². The highest BCUT2D eigenvalue weighted by Gasteiger charge is 2.29. The van der Waals surface area contributed by atoms with Gasteiger partial charge >= 0.3 is 6.09 Å². The van der Waals surface area contributed by atoms with Gasteiger partial charge in [-0.15, -0.1) is 0 Å². The minimum Gasteiger partial charge on any atom is -0.465 e. The van der Waals surface area contributed by atoms with E-state index in [0.29, 0.717) is 5.82 Å². The monoisotopic (exact) mass is 482 g/mol. The zero-order valence-corrected chi connectivity index (χ0v) is 18.8. The first-order chi connectivity index (χ1) is 16.8. The van der Waals surface area contributed by atoms with E-state index in [1.54, 1.807) is 12.3 Å². The number of hydrogen-bond acceptors (Lipinski definition) is 6. The molecule has 6 N–H and O–H groups in total. The summed E-state index contributed by atoms with van der Waals surface area (Å²) in [7, 11) is 0. The van der Waals surface area contributed by atoms with Crippen molar-refractivity contribution in [3.8, 4) is 0 Å². The van der Waals surface area contributed by atoms with Crippen LogP contribution >= 0.6 is 0 Å². The van der Waals surface area contributed by atoms with Gasteiger partial charge in [0.05, 0.1) is 24.2 Å². The molecule has 2 heterocycles. The molecule has 3 amide bonds. The van der Waals surface area contributed by atoms with Gasteiger partial charge in [0, 0.05) is 12.7 Å². The van der Waals surface area contributed by atoms with Crippen molar-refractivity contribution in [2.75, 3.05) is 18.5 Å². The van der Waals surface area contributed by atoms with E-state index in [9.17, 15) is 29.4 Å². The molecule has 0 saturated heterocycles. The number of nitrogens with zero attached hydrogens (tertiary/aromatic N) is 3. The van der Waals surface area contributed by atoms with Crippen molar-refractivity contribution < 1.29 is 24.6 Å². The van der Waals surface area contributed by atoms with Crippen LogP contribution in [0.4, 0.5) is 10.5 Å². The van der Waals surface area contributed by atoms with Crippen molar-refractivity contribution in [1.82, 2.24) is 19.4 Å². The Labute approximate surface area is 199 Å². The second-order valence-corrected chi connectivity index (χ2v) is 7.64. The fourth-order valence-electron chi connectivity index (χ4n) is 3.59. The van der Waals surface area contributed by atoms with Crippen LogP contribution in [0.3, 0.4) is 0 Å². The van der Waals surface area contributed by atoms with Crippen LogP contribution in [0.1, 0.15) is 18.7 Å². The minimum absolute atomic E-state index is 0.00191. The van der Waals surface area contributed by atoms with E-state index < -0.39 is 36.1 Å². The molecule has 0 spiro atoms. The first-order valence-electron chi connectivity index (χ1n) is 10.8. The van der Waals surface area contributed by atoms with Crippen molar-refractivity contribution in [2.45, 2.75) is 25.4 Å². The number of carbonyl (C=O) groups excluding carboxylic acids is 2. The summed E-state index contributed by atoms with van der Waals surface area (Å²) in [6.07, 6.45) is 2.84. The van der Waals surface area contributed by atoms with E-state index in [2.05, 4.69) is 15.3 Å². The van der Waals surface area contributed by atoms with Crippen molar-refractivity contribution in [1.29, 1.82) is 0 Å². The number of pyridine rings is 1. The maximum atomic E-state index is 13.0. The first-order valence-corrected chi connectivity index (χ1v) is 10.8.